The van der Waals surface area contributed by atoms with Gasteiger partial charge in [0.15, 0.2) is 0 Å². The highest BCUT2D eigenvalue weighted by atomic mass is 35.5. The Morgan fingerprint density at radius 1 is 1.10 bits per heavy atom. The number of imidazole rings is 1. The molecule has 0 aliphatic heterocycles. The first-order chi connectivity index (χ1) is 13.9. The van der Waals surface area contributed by atoms with Crippen molar-refractivity contribution in [3.63, 3.8) is 0 Å². The Kier molecular flexibility index (Phi) is 5.30. The number of rotatable bonds is 5. The van der Waals surface area contributed by atoms with Crippen molar-refractivity contribution in [2.45, 2.75) is 13.0 Å². The third-order valence-corrected chi connectivity index (χ3v) is 5.20. The smallest absolute Gasteiger partial charge is 0.312 e. The number of esters is 1. The highest BCUT2D eigenvalue weighted by molar-refractivity contribution is 6.36. The zero-order valence-corrected chi connectivity index (χ0v) is 17.4. The summed E-state index contributed by atoms with van der Waals surface area (Å²) in [4.78, 5) is 16.6. The van der Waals surface area contributed by atoms with Crippen molar-refractivity contribution in [1.82, 2.24) is 19.3 Å². The average molecular weight is 429 g/mol. The van der Waals surface area contributed by atoms with Crippen LogP contribution >= 0.6 is 23.2 Å². The van der Waals surface area contributed by atoms with Crippen molar-refractivity contribution in [2.24, 2.45) is 14.1 Å². The van der Waals surface area contributed by atoms with Crippen molar-refractivity contribution in [1.29, 1.82) is 0 Å². The van der Waals surface area contributed by atoms with Crippen molar-refractivity contribution in [3.8, 4) is 11.3 Å². The number of aromatic nitrogens is 4. The number of carbonyl (C=O) groups excluding carboxylic acids is 1. The summed E-state index contributed by atoms with van der Waals surface area (Å²) in [5, 5.41) is 5.49. The number of ether oxygens (including phenoxy) is 1. The third kappa shape index (κ3) is 4.13. The summed E-state index contributed by atoms with van der Waals surface area (Å²) in [6.07, 6.45) is 1.83. The second kappa shape index (κ2) is 7.89. The van der Waals surface area contributed by atoms with E-state index in [-0.39, 0.29) is 19.0 Å². The van der Waals surface area contributed by atoms with Gasteiger partial charge in [0.25, 0.3) is 0 Å². The van der Waals surface area contributed by atoms with E-state index in [1.807, 2.05) is 41.9 Å². The van der Waals surface area contributed by atoms with Gasteiger partial charge in [-0.3, -0.25) is 9.48 Å². The topological polar surface area (TPSA) is 61.9 Å². The number of halogens is 2. The molecule has 0 bridgehead atoms. The molecule has 0 aliphatic carbocycles. The van der Waals surface area contributed by atoms with Crippen LogP contribution in [0.4, 0.5) is 0 Å². The van der Waals surface area contributed by atoms with Gasteiger partial charge < -0.3 is 9.30 Å². The largest absolute Gasteiger partial charge is 0.461 e. The number of carbonyl (C=O) groups is 1. The lowest BCUT2D eigenvalue weighted by molar-refractivity contribution is -0.144. The van der Waals surface area contributed by atoms with Crippen LogP contribution in [-0.4, -0.2) is 25.3 Å². The predicted octanol–water partition coefficient (Wildman–Crippen LogP) is 4.57. The molecule has 4 aromatic rings. The number of benzene rings is 2. The molecule has 6 nitrogen and oxygen atoms in total. The molecule has 0 fully saturated rings. The summed E-state index contributed by atoms with van der Waals surface area (Å²) < 4.78 is 9.04. The molecule has 0 radical (unpaired) electrons. The molecule has 0 spiro atoms. The Bertz CT molecular complexity index is 1210. The highest BCUT2D eigenvalue weighted by Crippen LogP contribution is 2.30. The molecule has 0 N–H and O–H groups in total. The van der Waals surface area contributed by atoms with Gasteiger partial charge in [-0.2, -0.15) is 5.10 Å². The van der Waals surface area contributed by atoms with E-state index in [1.54, 1.807) is 30.2 Å². The van der Waals surface area contributed by atoms with E-state index < -0.39 is 0 Å². The van der Waals surface area contributed by atoms with Crippen LogP contribution in [0.1, 0.15) is 11.3 Å². The summed E-state index contributed by atoms with van der Waals surface area (Å²) >= 11 is 12.3. The molecule has 0 atom stereocenters. The van der Waals surface area contributed by atoms with Gasteiger partial charge in [-0.25, -0.2) is 4.98 Å². The molecule has 0 aliphatic rings. The first kappa shape index (κ1) is 19.5. The van der Waals surface area contributed by atoms with Gasteiger partial charge in [-0.1, -0.05) is 29.3 Å². The molecule has 2 heterocycles. The Labute approximate surface area is 177 Å². The predicted molar refractivity (Wildman–Crippen MR) is 113 cm³/mol. The molecule has 2 aromatic carbocycles. The SMILES string of the molecule is Cn1nc(CC(=O)OCc2ccc3c(c2)ncn3C)cc1-c1ccc(Cl)cc1Cl. The van der Waals surface area contributed by atoms with Gasteiger partial charge in [0, 0.05) is 24.7 Å². The van der Waals surface area contributed by atoms with E-state index in [4.69, 9.17) is 27.9 Å². The normalized spacial score (nSPS) is 11.2. The number of aryl methyl sites for hydroxylation is 2. The maximum atomic E-state index is 12.3. The Hall–Kier alpha value is -2.83. The fourth-order valence-corrected chi connectivity index (χ4v) is 3.70. The lowest BCUT2D eigenvalue weighted by atomic mass is 10.1. The zero-order valence-electron chi connectivity index (χ0n) is 15.9. The van der Waals surface area contributed by atoms with E-state index in [0.717, 1.165) is 27.9 Å². The summed E-state index contributed by atoms with van der Waals surface area (Å²) in [5.41, 5.74) is 5.00. The van der Waals surface area contributed by atoms with E-state index in [0.29, 0.717) is 15.7 Å². The van der Waals surface area contributed by atoms with E-state index >= 15 is 0 Å². The quantitative estimate of drug-likeness (QED) is 0.436. The molecule has 2 aromatic heterocycles. The van der Waals surface area contributed by atoms with Crippen LogP contribution in [0, 0.1) is 0 Å². The van der Waals surface area contributed by atoms with Crippen molar-refractivity contribution >= 4 is 40.2 Å². The van der Waals surface area contributed by atoms with Crippen molar-refractivity contribution in [2.75, 3.05) is 0 Å². The van der Waals surface area contributed by atoms with Gasteiger partial charge in [-0.05, 0) is 42.0 Å². The molecule has 0 saturated carbocycles. The number of hydrogen-bond acceptors (Lipinski definition) is 4. The molecule has 0 saturated heterocycles. The molecule has 0 unspecified atom stereocenters. The lowest BCUT2D eigenvalue weighted by Crippen LogP contribution is -2.08. The molecule has 8 heteroatoms. The summed E-state index contributed by atoms with van der Waals surface area (Å²) in [6, 6.07) is 12.9. The minimum Gasteiger partial charge on any atom is -0.461 e. The molecule has 148 valence electrons. The van der Waals surface area contributed by atoms with Crippen LogP contribution in [0.25, 0.3) is 22.3 Å². The number of fused-ring (bicyclic) bond motifs is 1. The Morgan fingerprint density at radius 2 is 1.93 bits per heavy atom. The van der Waals surface area contributed by atoms with Crippen LogP contribution < -0.4 is 0 Å². The number of hydrogen-bond donors (Lipinski definition) is 0. The highest BCUT2D eigenvalue weighted by Gasteiger charge is 2.14. The van der Waals surface area contributed by atoms with Crippen molar-refractivity contribution in [3.05, 3.63) is 70.1 Å². The maximum Gasteiger partial charge on any atom is 0.312 e. The summed E-state index contributed by atoms with van der Waals surface area (Å²) in [7, 11) is 3.74. The Morgan fingerprint density at radius 3 is 2.72 bits per heavy atom. The maximum absolute atomic E-state index is 12.3. The van der Waals surface area contributed by atoms with Gasteiger partial charge in [0.2, 0.25) is 0 Å². The third-order valence-electron chi connectivity index (χ3n) is 4.65. The van der Waals surface area contributed by atoms with Crippen LogP contribution in [0.15, 0.2) is 48.8 Å². The summed E-state index contributed by atoms with van der Waals surface area (Å²) in [6.45, 7) is 0.189. The first-order valence-electron chi connectivity index (χ1n) is 8.94. The minimum atomic E-state index is -0.349. The number of nitrogens with zero attached hydrogens (tertiary/aromatic N) is 4. The van der Waals surface area contributed by atoms with Crippen LogP contribution in [0.2, 0.25) is 10.0 Å². The van der Waals surface area contributed by atoms with E-state index in [9.17, 15) is 4.79 Å². The first-order valence-corrected chi connectivity index (χ1v) is 9.70. The fourth-order valence-electron chi connectivity index (χ4n) is 3.20. The van der Waals surface area contributed by atoms with E-state index in [2.05, 4.69) is 10.1 Å². The van der Waals surface area contributed by atoms with E-state index in [1.165, 1.54) is 0 Å². The van der Waals surface area contributed by atoms with Crippen LogP contribution in [0.3, 0.4) is 0 Å². The summed E-state index contributed by atoms with van der Waals surface area (Å²) in [5.74, 6) is -0.349. The lowest BCUT2D eigenvalue weighted by Gasteiger charge is -2.04. The molecule has 29 heavy (non-hydrogen) atoms. The van der Waals surface area contributed by atoms with Crippen molar-refractivity contribution < 1.29 is 9.53 Å². The second-order valence-electron chi connectivity index (χ2n) is 6.78. The monoisotopic (exact) mass is 428 g/mol. The van der Waals surface area contributed by atoms with Gasteiger partial charge in [-0.15, -0.1) is 0 Å². The van der Waals surface area contributed by atoms with Gasteiger partial charge >= 0.3 is 5.97 Å². The zero-order chi connectivity index (χ0) is 20.5. The van der Waals surface area contributed by atoms with Gasteiger partial charge in [0.1, 0.15) is 6.61 Å². The fraction of sp³-hybridized carbons (Fsp3) is 0.190. The molecule has 0 amide bonds. The molecular formula is C21H18Cl2N4O2. The molecule has 4 rings (SSSR count). The standard InChI is InChI=1S/C21H18Cl2N4O2/c1-26-12-24-18-7-13(3-6-19(18)26)11-29-21(28)10-15-9-20(27(2)25-15)16-5-4-14(22)8-17(16)23/h3-9,12H,10-11H2,1-2H3. The van der Waals surface area contributed by atoms with Crippen LogP contribution in [0.5, 0.6) is 0 Å². The Balaban J connectivity index is 1.43. The molecular weight excluding hydrogens is 411 g/mol. The second-order valence-corrected chi connectivity index (χ2v) is 7.63. The average Bonchev–Trinajstić information content (AvgIpc) is 3.22. The van der Waals surface area contributed by atoms with Crippen LogP contribution in [-0.2, 0) is 36.7 Å². The van der Waals surface area contributed by atoms with Gasteiger partial charge in [0.05, 0.1) is 40.2 Å². The minimum absolute atomic E-state index is 0.0743.